The van der Waals surface area contributed by atoms with E-state index in [0.717, 1.165) is 12.0 Å². The van der Waals surface area contributed by atoms with Crippen molar-refractivity contribution in [1.29, 1.82) is 0 Å². The molecule has 1 saturated heterocycles. The number of carbonyl (C=O) groups is 1. The molecule has 1 aliphatic rings. The van der Waals surface area contributed by atoms with Crippen LogP contribution < -0.4 is 5.32 Å². The number of carbonyl (C=O) groups excluding carboxylic acids is 1. The van der Waals surface area contributed by atoms with E-state index in [0.29, 0.717) is 19.7 Å². The molecule has 6 nitrogen and oxygen atoms in total. The largest absolute Gasteiger partial charge is 0.374 e. The molecule has 0 saturated carbocycles. The lowest BCUT2D eigenvalue weighted by molar-refractivity contribution is -0.0135. The number of amides is 2. The van der Waals surface area contributed by atoms with Crippen LogP contribution in [-0.4, -0.2) is 46.5 Å². The van der Waals surface area contributed by atoms with E-state index < -0.39 is 0 Å². The number of hydrogen-bond donors (Lipinski definition) is 1. The van der Waals surface area contributed by atoms with Crippen LogP contribution in [0.3, 0.4) is 0 Å². The summed E-state index contributed by atoms with van der Waals surface area (Å²) in [5, 5.41) is 7.19. The van der Waals surface area contributed by atoms with Crippen LogP contribution in [0.2, 0.25) is 0 Å². The van der Waals surface area contributed by atoms with E-state index in [9.17, 15) is 4.79 Å². The summed E-state index contributed by atoms with van der Waals surface area (Å²) < 4.78 is 7.56. The second-order valence-corrected chi connectivity index (χ2v) is 6.25. The molecule has 1 aromatic heterocycles. The van der Waals surface area contributed by atoms with Gasteiger partial charge in [0.2, 0.25) is 0 Å². The van der Waals surface area contributed by atoms with E-state index in [4.69, 9.17) is 4.74 Å². The molecule has 6 heteroatoms. The molecule has 2 heterocycles. The Balaban J connectivity index is 1.55. The van der Waals surface area contributed by atoms with Gasteiger partial charge in [0.05, 0.1) is 24.9 Å². The van der Waals surface area contributed by atoms with Crippen molar-refractivity contribution >= 4 is 6.03 Å². The first-order valence-electron chi connectivity index (χ1n) is 8.31. The molecule has 24 heavy (non-hydrogen) atoms. The summed E-state index contributed by atoms with van der Waals surface area (Å²) >= 11 is 0. The number of benzene rings is 1. The molecule has 0 radical (unpaired) electrons. The molecular weight excluding hydrogens is 304 g/mol. The number of morpholine rings is 1. The quantitative estimate of drug-likeness (QED) is 0.935. The summed E-state index contributed by atoms with van der Waals surface area (Å²) in [5.74, 6) is 0. The normalized spacial score (nSPS) is 19.1. The average Bonchev–Trinajstić information content (AvgIpc) is 3.03. The predicted molar refractivity (Wildman–Crippen MR) is 91.6 cm³/mol. The molecule has 0 aliphatic carbocycles. The number of hydrogen-bond acceptors (Lipinski definition) is 3. The van der Waals surface area contributed by atoms with Crippen LogP contribution in [-0.2, 0) is 18.2 Å². The second-order valence-electron chi connectivity index (χ2n) is 6.25. The van der Waals surface area contributed by atoms with Crippen molar-refractivity contribution < 1.29 is 9.53 Å². The zero-order valence-corrected chi connectivity index (χ0v) is 14.2. The first kappa shape index (κ1) is 16.5. The lowest BCUT2D eigenvalue weighted by atomic mass is 10.1. The van der Waals surface area contributed by atoms with Gasteiger partial charge >= 0.3 is 6.03 Å². The van der Waals surface area contributed by atoms with E-state index in [1.807, 2.05) is 43.3 Å². The Hall–Kier alpha value is -2.34. The monoisotopic (exact) mass is 328 g/mol. The lowest BCUT2D eigenvalue weighted by Gasteiger charge is -2.33. The maximum Gasteiger partial charge on any atom is 0.318 e. The predicted octanol–water partition coefficient (Wildman–Crippen LogP) is 2.13. The van der Waals surface area contributed by atoms with E-state index in [1.54, 1.807) is 10.9 Å². The standard InChI is InChI=1S/C18H24N4O2/c1-14(16-11-19-21(2)12-16)20-18(23)22-8-9-24-17(13-22)10-15-6-4-3-5-7-15/h3-7,11-12,14,17H,8-10,13H2,1-2H3,(H,20,23)/t14-,17+/m1/s1. The summed E-state index contributed by atoms with van der Waals surface area (Å²) in [6, 6.07) is 10.1. The fraction of sp³-hybridized carbons (Fsp3) is 0.444. The third-order valence-electron chi connectivity index (χ3n) is 4.30. The number of urea groups is 1. The fourth-order valence-electron chi connectivity index (χ4n) is 2.93. The maximum atomic E-state index is 12.5. The first-order valence-corrected chi connectivity index (χ1v) is 8.31. The molecule has 3 rings (SSSR count). The van der Waals surface area contributed by atoms with Crippen molar-refractivity contribution in [3.05, 3.63) is 53.9 Å². The van der Waals surface area contributed by atoms with Gasteiger partial charge in [0.1, 0.15) is 0 Å². The molecule has 2 amide bonds. The maximum absolute atomic E-state index is 12.5. The highest BCUT2D eigenvalue weighted by Gasteiger charge is 2.25. The molecule has 0 spiro atoms. The minimum Gasteiger partial charge on any atom is -0.374 e. The van der Waals surface area contributed by atoms with Crippen LogP contribution in [0.4, 0.5) is 4.79 Å². The van der Waals surface area contributed by atoms with Gasteiger partial charge in [0, 0.05) is 38.3 Å². The minimum atomic E-state index is -0.0679. The SMILES string of the molecule is C[C@@H](NC(=O)N1CCO[C@@H](Cc2ccccc2)C1)c1cnn(C)c1. The Morgan fingerprint density at radius 1 is 1.42 bits per heavy atom. The zero-order valence-electron chi connectivity index (χ0n) is 14.2. The van der Waals surface area contributed by atoms with Gasteiger partial charge in [0.15, 0.2) is 0 Å². The Bertz CT molecular complexity index is 671. The first-order chi connectivity index (χ1) is 11.6. The van der Waals surface area contributed by atoms with E-state index in [-0.39, 0.29) is 18.2 Å². The summed E-state index contributed by atoms with van der Waals surface area (Å²) in [4.78, 5) is 14.4. The van der Waals surface area contributed by atoms with Crippen molar-refractivity contribution in [3.63, 3.8) is 0 Å². The molecule has 2 aromatic rings. The number of aromatic nitrogens is 2. The van der Waals surface area contributed by atoms with Gasteiger partial charge in [-0.15, -0.1) is 0 Å². The van der Waals surface area contributed by atoms with Crippen molar-refractivity contribution in [2.75, 3.05) is 19.7 Å². The van der Waals surface area contributed by atoms with Gasteiger partial charge in [-0.05, 0) is 12.5 Å². The summed E-state index contributed by atoms with van der Waals surface area (Å²) in [6.07, 6.45) is 4.56. The van der Waals surface area contributed by atoms with Crippen molar-refractivity contribution in [1.82, 2.24) is 20.0 Å². The Morgan fingerprint density at radius 2 is 2.21 bits per heavy atom. The van der Waals surface area contributed by atoms with E-state index >= 15 is 0 Å². The van der Waals surface area contributed by atoms with Gasteiger partial charge in [-0.25, -0.2) is 4.79 Å². The summed E-state index contributed by atoms with van der Waals surface area (Å²) in [5.41, 5.74) is 2.23. The number of rotatable bonds is 4. The lowest BCUT2D eigenvalue weighted by Crippen LogP contribution is -2.50. The summed E-state index contributed by atoms with van der Waals surface area (Å²) in [7, 11) is 1.87. The Labute approximate surface area is 142 Å². The van der Waals surface area contributed by atoms with Crippen molar-refractivity contribution in [2.24, 2.45) is 7.05 Å². The highest BCUT2D eigenvalue weighted by Crippen LogP contribution is 2.14. The van der Waals surface area contributed by atoms with Gasteiger partial charge in [-0.1, -0.05) is 30.3 Å². The Morgan fingerprint density at radius 3 is 2.92 bits per heavy atom. The summed E-state index contributed by atoms with van der Waals surface area (Å²) in [6.45, 7) is 3.78. The van der Waals surface area contributed by atoms with Gasteiger partial charge in [0.25, 0.3) is 0 Å². The average molecular weight is 328 g/mol. The van der Waals surface area contributed by atoms with Crippen molar-refractivity contribution in [3.8, 4) is 0 Å². The molecular formula is C18H24N4O2. The number of ether oxygens (including phenoxy) is 1. The van der Waals surface area contributed by atoms with Gasteiger partial charge in [-0.2, -0.15) is 5.10 Å². The highest BCUT2D eigenvalue weighted by molar-refractivity contribution is 5.74. The van der Waals surface area contributed by atoms with E-state index in [1.165, 1.54) is 5.56 Å². The van der Waals surface area contributed by atoms with Crippen LogP contribution in [0, 0.1) is 0 Å². The van der Waals surface area contributed by atoms with Crippen LogP contribution in [0.25, 0.3) is 0 Å². The van der Waals surface area contributed by atoms with Crippen LogP contribution >= 0.6 is 0 Å². The van der Waals surface area contributed by atoms with Crippen molar-refractivity contribution in [2.45, 2.75) is 25.5 Å². The molecule has 1 fully saturated rings. The molecule has 0 bridgehead atoms. The minimum absolute atomic E-state index is 0.0422. The highest BCUT2D eigenvalue weighted by atomic mass is 16.5. The number of nitrogens with one attached hydrogen (secondary N) is 1. The second kappa shape index (κ2) is 7.49. The molecule has 128 valence electrons. The molecule has 0 unspecified atom stereocenters. The van der Waals surface area contributed by atoms with Crippen LogP contribution in [0.1, 0.15) is 24.1 Å². The van der Waals surface area contributed by atoms with Gasteiger partial charge < -0.3 is 15.0 Å². The fourth-order valence-corrected chi connectivity index (χ4v) is 2.93. The molecule has 1 aliphatic heterocycles. The molecule has 1 N–H and O–H groups in total. The van der Waals surface area contributed by atoms with E-state index in [2.05, 4.69) is 22.5 Å². The van der Waals surface area contributed by atoms with Crippen LogP contribution in [0.15, 0.2) is 42.7 Å². The zero-order chi connectivity index (χ0) is 16.9. The topological polar surface area (TPSA) is 59.4 Å². The molecule has 1 aromatic carbocycles. The smallest absolute Gasteiger partial charge is 0.318 e. The molecule has 2 atom stereocenters. The third-order valence-corrected chi connectivity index (χ3v) is 4.30. The third kappa shape index (κ3) is 4.14. The van der Waals surface area contributed by atoms with Crippen LogP contribution in [0.5, 0.6) is 0 Å². The Kier molecular flexibility index (Phi) is 5.15. The van der Waals surface area contributed by atoms with Gasteiger partial charge in [-0.3, -0.25) is 4.68 Å². The number of aryl methyl sites for hydroxylation is 1. The number of nitrogens with zero attached hydrogens (tertiary/aromatic N) is 3.